The predicted molar refractivity (Wildman–Crippen MR) is 87.8 cm³/mol. The van der Waals surface area contributed by atoms with Gasteiger partial charge < -0.3 is 0 Å². The molecule has 0 N–H and O–H groups in total. The Morgan fingerprint density at radius 2 is 1.50 bits per heavy atom. The molecule has 0 nitrogen and oxygen atoms in total. The van der Waals surface area contributed by atoms with E-state index in [1.165, 1.54) is 60.5 Å². The number of hydrogen-bond donors (Lipinski definition) is 0. The second-order valence-corrected chi connectivity index (χ2v) is 7.09. The Labute approximate surface area is 126 Å². The van der Waals surface area contributed by atoms with E-state index in [0.717, 1.165) is 11.8 Å². The van der Waals surface area contributed by atoms with Crippen LogP contribution in [0.1, 0.15) is 57.4 Å². The molecular formula is C17H25I. The van der Waals surface area contributed by atoms with Crippen LogP contribution in [-0.2, 0) is 6.42 Å². The molecule has 1 aromatic carbocycles. The van der Waals surface area contributed by atoms with Crippen molar-refractivity contribution in [2.24, 2.45) is 11.8 Å². The van der Waals surface area contributed by atoms with E-state index in [-0.39, 0.29) is 0 Å². The van der Waals surface area contributed by atoms with Crippen LogP contribution in [-0.4, -0.2) is 0 Å². The van der Waals surface area contributed by atoms with E-state index in [4.69, 9.17) is 0 Å². The number of halogens is 1. The molecule has 0 heterocycles. The number of hydrogen-bond acceptors (Lipinski definition) is 0. The molecule has 0 bridgehead atoms. The summed E-state index contributed by atoms with van der Waals surface area (Å²) in [4.78, 5) is 0. The summed E-state index contributed by atoms with van der Waals surface area (Å²) < 4.78 is 1.34. The van der Waals surface area contributed by atoms with Crippen LogP contribution in [0, 0.1) is 15.4 Å². The second kappa shape index (κ2) is 7.52. The molecule has 1 heteroatoms. The Balaban J connectivity index is 1.70. The van der Waals surface area contributed by atoms with Gasteiger partial charge in [-0.1, -0.05) is 57.6 Å². The minimum Gasteiger partial charge on any atom is -0.0654 e. The fourth-order valence-electron chi connectivity index (χ4n) is 3.24. The largest absolute Gasteiger partial charge is 0.0654 e. The first-order valence-corrected chi connectivity index (χ1v) is 8.60. The highest BCUT2D eigenvalue weighted by Crippen LogP contribution is 2.33. The van der Waals surface area contributed by atoms with Crippen molar-refractivity contribution >= 4 is 22.6 Å². The minimum absolute atomic E-state index is 0.998. The maximum Gasteiger partial charge on any atom is 0.0130 e. The molecule has 1 aromatic rings. The zero-order valence-corrected chi connectivity index (χ0v) is 13.7. The highest BCUT2D eigenvalue weighted by Gasteiger charge is 2.20. The number of aryl methyl sites for hydroxylation is 1. The van der Waals surface area contributed by atoms with Crippen LogP contribution in [0.2, 0.25) is 0 Å². The molecule has 0 spiro atoms. The van der Waals surface area contributed by atoms with Crippen molar-refractivity contribution in [3.05, 3.63) is 33.4 Å². The third kappa shape index (κ3) is 4.56. The molecule has 0 radical (unpaired) electrons. The Kier molecular flexibility index (Phi) is 6.00. The molecule has 18 heavy (non-hydrogen) atoms. The maximum absolute atomic E-state index is 2.38. The summed E-state index contributed by atoms with van der Waals surface area (Å²) in [7, 11) is 0. The molecule has 0 unspecified atom stereocenters. The second-order valence-electron chi connectivity index (χ2n) is 5.84. The molecule has 2 rings (SSSR count). The van der Waals surface area contributed by atoms with Crippen molar-refractivity contribution in [3.63, 3.8) is 0 Å². The standard InChI is InChI=1S/C17H25I/c1-2-3-14-4-6-15(7-5-14)8-9-16-10-12-17(18)13-11-16/h10-15H,2-9H2,1H3. The van der Waals surface area contributed by atoms with Gasteiger partial charge in [0.25, 0.3) is 0 Å². The van der Waals surface area contributed by atoms with Gasteiger partial charge in [-0.15, -0.1) is 0 Å². The van der Waals surface area contributed by atoms with Crippen LogP contribution < -0.4 is 0 Å². The first-order chi connectivity index (χ1) is 8.78. The first-order valence-electron chi connectivity index (χ1n) is 7.52. The van der Waals surface area contributed by atoms with Crippen molar-refractivity contribution < 1.29 is 0 Å². The van der Waals surface area contributed by atoms with Crippen LogP contribution in [0.15, 0.2) is 24.3 Å². The molecule has 100 valence electrons. The average molecular weight is 356 g/mol. The van der Waals surface area contributed by atoms with E-state index in [1.807, 2.05) is 0 Å². The summed E-state index contributed by atoms with van der Waals surface area (Å²) >= 11 is 2.38. The van der Waals surface area contributed by atoms with E-state index in [2.05, 4.69) is 53.8 Å². The van der Waals surface area contributed by atoms with Crippen LogP contribution in [0.4, 0.5) is 0 Å². The quantitative estimate of drug-likeness (QED) is 0.582. The summed E-state index contributed by atoms with van der Waals surface area (Å²) in [6, 6.07) is 9.05. The van der Waals surface area contributed by atoms with E-state index >= 15 is 0 Å². The van der Waals surface area contributed by atoms with E-state index in [0.29, 0.717) is 0 Å². The van der Waals surface area contributed by atoms with Crippen LogP contribution in [0.5, 0.6) is 0 Å². The van der Waals surface area contributed by atoms with Gasteiger partial charge in [0, 0.05) is 3.57 Å². The number of benzene rings is 1. The molecule has 0 atom stereocenters. The minimum atomic E-state index is 0.998. The Morgan fingerprint density at radius 1 is 0.944 bits per heavy atom. The molecule has 0 saturated heterocycles. The molecule has 0 amide bonds. The smallest absolute Gasteiger partial charge is 0.0130 e. The molecular weight excluding hydrogens is 331 g/mol. The fraction of sp³-hybridized carbons (Fsp3) is 0.647. The first kappa shape index (κ1) is 14.4. The lowest BCUT2D eigenvalue weighted by Crippen LogP contribution is -2.15. The van der Waals surface area contributed by atoms with Gasteiger partial charge in [0.15, 0.2) is 0 Å². The molecule has 1 aliphatic carbocycles. The molecule has 1 aliphatic rings. The van der Waals surface area contributed by atoms with Gasteiger partial charge in [0.2, 0.25) is 0 Å². The summed E-state index contributed by atoms with van der Waals surface area (Å²) in [5.41, 5.74) is 1.52. The summed E-state index contributed by atoms with van der Waals surface area (Å²) in [5, 5.41) is 0. The van der Waals surface area contributed by atoms with E-state index in [1.54, 1.807) is 0 Å². The SMILES string of the molecule is CCCC1CCC(CCc2ccc(I)cc2)CC1. The van der Waals surface area contributed by atoms with Gasteiger partial charge in [-0.2, -0.15) is 0 Å². The topological polar surface area (TPSA) is 0 Å². The summed E-state index contributed by atoms with van der Waals surface area (Å²) in [6.45, 7) is 2.32. The highest BCUT2D eigenvalue weighted by molar-refractivity contribution is 14.1. The molecule has 0 aliphatic heterocycles. The maximum atomic E-state index is 2.38. The monoisotopic (exact) mass is 356 g/mol. The van der Waals surface area contributed by atoms with Gasteiger partial charge in [-0.25, -0.2) is 0 Å². The van der Waals surface area contributed by atoms with Gasteiger partial charge in [0.1, 0.15) is 0 Å². The average Bonchev–Trinajstić information content (AvgIpc) is 2.40. The lowest BCUT2D eigenvalue weighted by Gasteiger charge is -2.28. The Morgan fingerprint density at radius 3 is 2.06 bits per heavy atom. The van der Waals surface area contributed by atoms with Gasteiger partial charge in [0.05, 0.1) is 0 Å². The van der Waals surface area contributed by atoms with Crippen molar-refractivity contribution in [1.29, 1.82) is 0 Å². The van der Waals surface area contributed by atoms with Crippen molar-refractivity contribution in [2.75, 3.05) is 0 Å². The molecule has 1 saturated carbocycles. The van der Waals surface area contributed by atoms with Gasteiger partial charge >= 0.3 is 0 Å². The molecule has 0 aromatic heterocycles. The summed E-state index contributed by atoms with van der Waals surface area (Å²) in [5.74, 6) is 2.04. The van der Waals surface area contributed by atoms with Crippen molar-refractivity contribution in [1.82, 2.24) is 0 Å². The normalized spacial score (nSPS) is 24.1. The van der Waals surface area contributed by atoms with Crippen molar-refractivity contribution in [2.45, 2.75) is 58.3 Å². The predicted octanol–water partition coefficient (Wildman–Crippen LogP) is 5.83. The Hall–Kier alpha value is -0.0500. The number of rotatable bonds is 5. The lowest BCUT2D eigenvalue weighted by molar-refractivity contribution is 0.252. The third-order valence-electron chi connectivity index (χ3n) is 4.42. The van der Waals surface area contributed by atoms with Gasteiger partial charge in [-0.05, 0) is 65.0 Å². The third-order valence-corrected chi connectivity index (χ3v) is 5.14. The van der Waals surface area contributed by atoms with Crippen molar-refractivity contribution in [3.8, 4) is 0 Å². The highest BCUT2D eigenvalue weighted by atomic mass is 127. The van der Waals surface area contributed by atoms with Crippen LogP contribution in [0.25, 0.3) is 0 Å². The summed E-state index contributed by atoms with van der Waals surface area (Å²) in [6.07, 6.45) is 11.5. The van der Waals surface area contributed by atoms with E-state index < -0.39 is 0 Å². The fourth-order valence-corrected chi connectivity index (χ4v) is 3.60. The van der Waals surface area contributed by atoms with E-state index in [9.17, 15) is 0 Å². The Bertz CT molecular complexity index is 333. The van der Waals surface area contributed by atoms with Crippen LogP contribution >= 0.6 is 22.6 Å². The van der Waals surface area contributed by atoms with Gasteiger partial charge in [-0.3, -0.25) is 0 Å². The lowest BCUT2D eigenvalue weighted by atomic mass is 9.78. The zero-order valence-electron chi connectivity index (χ0n) is 11.5. The van der Waals surface area contributed by atoms with Crippen LogP contribution in [0.3, 0.4) is 0 Å². The zero-order chi connectivity index (χ0) is 12.8. The molecule has 1 fully saturated rings.